The van der Waals surface area contributed by atoms with Gasteiger partial charge in [-0.2, -0.15) is 8.42 Å². The van der Waals surface area contributed by atoms with E-state index in [2.05, 4.69) is 18.8 Å². The van der Waals surface area contributed by atoms with Crippen LogP contribution < -0.4 is 26.2 Å². The molecule has 0 fully saturated rings. The summed E-state index contributed by atoms with van der Waals surface area (Å²) in [5.41, 5.74) is 19.1. The number of nitrogens with zero attached hydrogens (tertiary/aromatic N) is 3. The van der Waals surface area contributed by atoms with E-state index in [0.29, 0.717) is 48.4 Å². The highest BCUT2D eigenvalue weighted by molar-refractivity contribution is 8.07. The van der Waals surface area contributed by atoms with Crippen LogP contribution in [0.15, 0.2) is 66.9 Å². The molecule has 15 heteroatoms. The molecule has 1 amide bonds. The molecule has 2 heterocycles. The van der Waals surface area contributed by atoms with Crippen LogP contribution in [0.3, 0.4) is 0 Å². The van der Waals surface area contributed by atoms with Crippen molar-refractivity contribution in [3.05, 3.63) is 77.3 Å². The molecule has 0 aliphatic heterocycles. The van der Waals surface area contributed by atoms with E-state index in [9.17, 15) is 22.8 Å². The third kappa shape index (κ3) is 10.7. The van der Waals surface area contributed by atoms with Gasteiger partial charge in [0.25, 0.3) is 0 Å². The van der Waals surface area contributed by atoms with Gasteiger partial charge in [0.1, 0.15) is 23.5 Å². The summed E-state index contributed by atoms with van der Waals surface area (Å²) in [7, 11) is -4.34. The lowest BCUT2D eigenvalue weighted by Crippen LogP contribution is -2.38. The first kappa shape index (κ1) is 39.9. The Labute approximate surface area is 297 Å². The first-order valence-corrected chi connectivity index (χ1v) is 18.5. The lowest BCUT2D eigenvalue weighted by molar-refractivity contribution is -0.138. The summed E-state index contributed by atoms with van der Waals surface area (Å²) in [5, 5.41) is 7.41. The van der Waals surface area contributed by atoms with E-state index in [4.69, 9.17) is 27.0 Å². The summed E-state index contributed by atoms with van der Waals surface area (Å²) < 4.78 is 34.2. The average Bonchev–Trinajstić information content (AvgIpc) is 3.68. The number of benzene rings is 2. The molecule has 4 rings (SSSR count). The lowest BCUT2D eigenvalue weighted by Gasteiger charge is -2.20. The van der Waals surface area contributed by atoms with Crippen LogP contribution in [-0.4, -0.2) is 66.3 Å². The highest BCUT2D eigenvalue weighted by Gasteiger charge is 2.31. The van der Waals surface area contributed by atoms with Gasteiger partial charge in [-0.3, -0.25) is 23.3 Å². The number of aliphatic carboxylic acids is 1. The van der Waals surface area contributed by atoms with Crippen LogP contribution in [-0.2, 0) is 32.6 Å². The lowest BCUT2D eigenvalue weighted by atomic mass is 10.0. The number of aromatic nitrogens is 2. The van der Waals surface area contributed by atoms with E-state index in [0.717, 1.165) is 50.7 Å². The van der Waals surface area contributed by atoms with Crippen molar-refractivity contribution in [3.63, 3.8) is 0 Å². The molecule has 0 aliphatic rings. The Morgan fingerprint density at radius 2 is 1.76 bits per heavy atom. The molecule has 7 N–H and O–H groups in total. The Bertz CT molecular complexity index is 1810. The number of rotatable bonds is 17. The number of primary amides is 1. The minimum Gasteiger partial charge on any atom is -0.480 e. The molecule has 0 unspecified atom stereocenters. The summed E-state index contributed by atoms with van der Waals surface area (Å²) in [6, 6.07) is 18.7. The number of carbonyl (C=O) groups is 3. The molecule has 0 spiro atoms. The van der Waals surface area contributed by atoms with Crippen LogP contribution in [0.1, 0.15) is 50.5 Å². The second-order valence-electron chi connectivity index (χ2n) is 11.8. The van der Waals surface area contributed by atoms with Crippen molar-refractivity contribution < 1.29 is 32.6 Å². The van der Waals surface area contributed by atoms with Crippen molar-refractivity contribution in [2.45, 2.75) is 59.0 Å². The Hall–Kier alpha value is -4.57. The van der Waals surface area contributed by atoms with E-state index in [1.165, 1.54) is 11.3 Å². The van der Waals surface area contributed by atoms with E-state index >= 15 is 0 Å². The molecule has 0 aliphatic carbocycles. The number of thiophene rings is 1. The van der Waals surface area contributed by atoms with Crippen LogP contribution >= 0.6 is 11.3 Å². The maximum absolute atomic E-state index is 12.8. The molecular weight excluding hydrogens is 681 g/mol. The molecule has 13 nitrogen and oxygen atoms in total. The van der Waals surface area contributed by atoms with E-state index < -0.39 is 27.3 Å². The zero-order valence-electron chi connectivity index (χ0n) is 28.5. The maximum atomic E-state index is 12.8. The van der Waals surface area contributed by atoms with Crippen molar-refractivity contribution in [1.29, 1.82) is 0 Å². The van der Waals surface area contributed by atoms with Crippen LogP contribution in [0.2, 0.25) is 0 Å². The van der Waals surface area contributed by atoms with Crippen molar-refractivity contribution in [3.8, 4) is 28.4 Å². The minimum absolute atomic E-state index is 0.0739. The summed E-state index contributed by atoms with van der Waals surface area (Å²) >= 11 is 1.36. The third-order valence-electron chi connectivity index (χ3n) is 7.47. The van der Waals surface area contributed by atoms with Gasteiger partial charge in [0, 0.05) is 22.5 Å². The number of anilines is 1. The summed E-state index contributed by atoms with van der Waals surface area (Å²) in [4.78, 5) is 38.4. The fourth-order valence-corrected chi connectivity index (χ4v) is 7.67. The van der Waals surface area contributed by atoms with Gasteiger partial charge in [-0.15, -0.1) is 11.3 Å². The number of ether oxygens (including phenoxy) is 1. The van der Waals surface area contributed by atoms with Crippen LogP contribution in [0.25, 0.3) is 22.5 Å². The Balaban J connectivity index is 0.000000588. The second-order valence-corrected chi connectivity index (χ2v) is 14.7. The van der Waals surface area contributed by atoms with Crippen molar-refractivity contribution in [2.75, 3.05) is 24.0 Å². The fourth-order valence-electron chi connectivity index (χ4n) is 5.03. The number of sulfonamides is 1. The first-order chi connectivity index (χ1) is 23.8. The van der Waals surface area contributed by atoms with Crippen molar-refractivity contribution in [2.24, 2.45) is 23.1 Å². The van der Waals surface area contributed by atoms with Crippen LogP contribution in [0.5, 0.6) is 5.88 Å². The number of aldehydes is 1. The molecule has 0 saturated heterocycles. The minimum atomic E-state index is -4.34. The topological polar surface area (TPSA) is 214 Å². The van der Waals surface area contributed by atoms with E-state index in [1.807, 2.05) is 65.2 Å². The Morgan fingerprint density at radius 3 is 2.32 bits per heavy atom. The van der Waals surface area contributed by atoms with Gasteiger partial charge < -0.3 is 27.0 Å². The quantitative estimate of drug-likeness (QED) is 0.0856. The number of carboxylic acids is 1. The second kappa shape index (κ2) is 19.0. The molecule has 1 atom stereocenters. The highest BCUT2D eigenvalue weighted by atomic mass is 32.2. The predicted octanol–water partition coefficient (Wildman–Crippen LogP) is 4.87. The smallest absolute Gasteiger partial charge is 0.354 e. The van der Waals surface area contributed by atoms with Crippen molar-refractivity contribution >= 4 is 43.9 Å². The van der Waals surface area contributed by atoms with E-state index in [1.54, 1.807) is 13.1 Å². The molecule has 0 bridgehead atoms. The first-order valence-electron chi connectivity index (χ1n) is 16.2. The molecule has 270 valence electrons. The van der Waals surface area contributed by atoms with Gasteiger partial charge in [0.15, 0.2) is 6.29 Å². The van der Waals surface area contributed by atoms with Gasteiger partial charge in [0.2, 0.25) is 5.88 Å². The number of unbranched alkanes of at least 4 members (excludes halogenated alkanes) is 1. The van der Waals surface area contributed by atoms with E-state index in [-0.39, 0.29) is 13.2 Å². The molecule has 2 aromatic heterocycles. The zero-order chi connectivity index (χ0) is 36.8. The highest BCUT2D eigenvalue weighted by Crippen LogP contribution is 2.41. The maximum Gasteiger partial charge on any atom is 0.354 e. The molecule has 0 saturated carbocycles. The fraction of sp³-hybridized carbons (Fsp3) is 0.371. The SMILES string of the molecule is CCN(c1sc(CC(C)C)cc1-c1ccc(Cn2c(OCC=O)cnc2-c2ccccc2)cc1)S(=O)(=O)C(N)=O.NCCCC[C@H](N)C(=O)O. The molecule has 2 aromatic carbocycles. The molecule has 0 radical (unpaired) electrons. The number of amides is 1. The monoisotopic (exact) mass is 726 g/mol. The molecule has 50 heavy (non-hydrogen) atoms. The third-order valence-corrected chi connectivity index (χ3v) is 10.3. The zero-order valence-corrected chi connectivity index (χ0v) is 30.2. The molecular formula is C35H46N6O7S2. The van der Waals surface area contributed by atoms with Gasteiger partial charge in [0.05, 0.1) is 12.7 Å². The van der Waals surface area contributed by atoms with Crippen molar-refractivity contribution in [1.82, 2.24) is 9.55 Å². The summed E-state index contributed by atoms with van der Waals surface area (Å²) in [5.74, 6) is 0.620. The van der Waals surface area contributed by atoms with Crippen LogP contribution in [0.4, 0.5) is 9.80 Å². The number of nitrogens with two attached hydrogens (primary N) is 3. The van der Waals surface area contributed by atoms with Gasteiger partial charge >= 0.3 is 21.2 Å². The normalized spacial score (nSPS) is 11.8. The summed E-state index contributed by atoms with van der Waals surface area (Å²) in [6.45, 7) is 6.90. The number of hydrogen-bond acceptors (Lipinski definition) is 10. The Morgan fingerprint density at radius 1 is 1.08 bits per heavy atom. The van der Waals surface area contributed by atoms with Gasteiger partial charge in [-0.1, -0.05) is 74.9 Å². The summed E-state index contributed by atoms with van der Waals surface area (Å²) in [6.07, 6.45) is 5.23. The predicted molar refractivity (Wildman–Crippen MR) is 197 cm³/mol. The van der Waals surface area contributed by atoms with Gasteiger partial charge in [-0.25, -0.2) is 4.98 Å². The standard InChI is InChI=1S/C29H32N4O5S2.C6H14N2O2/c1-4-33(40(36,37)29(30)35)28-25(17-24(39-28)16-20(2)3)22-12-10-21(11-13-22)19-32-26(38-15-14-34)18-31-27(32)23-8-6-5-7-9-23;7-4-2-1-3-5(8)6(9)10/h5-14,17-18,20H,4,15-16,19H2,1-3H3,(H2,30,35);5H,1-4,7-8H2,(H,9,10)/t;5-/m.0/s1. The number of carboxylic acid groups (broad SMARTS) is 1. The van der Waals surface area contributed by atoms with Gasteiger partial charge in [-0.05, 0) is 55.8 Å². The number of imidazole rings is 1. The Kier molecular flexibility index (Phi) is 15.1. The average molecular weight is 727 g/mol. The number of carbonyl (C=O) groups excluding carboxylic acids is 2. The molecule has 4 aromatic rings. The largest absolute Gasteiger partial charge is 0.480 e. The number of hydrogen-bond donors (Lipinski definition) is 4. The van der Waals surface area contributed by atoms with Crippen LogP contribution in [0, 0.1) is 5.92 Å².